The third-order valence-corrected chi connectivity index (χ3v) is 6.25. The van der Waals surface area contributed by atoms with Crippen LogP contribution in [0.5, 0.6) is 0 Å². The molecule has 0 radical (unpaired) electrons. The highest BCUT2D eigenvalue weighted by Gasteiger charge is 2.24. The van der Waals surface area contributed by atoms with Crippen LogP contribution in [0, 0.1) is 13.8 Å². The third-order valence-electron chi connectivity index (χ3n) is 6.25. The summed E-state index contributed by atoms with van der Waals surface area (Å²) >= 11 is 0. The van der Waals surface area contributed by atoms with E-state index in [1.54, 1.807) is 0 Å². The van der Waals surface area contributed by atoms with Crippen LogP contribution in [0.25, 0.3) is 21.8 Å². The molecule has 0 aliphatic carbocycles. The van der Waals surface area contributed by atoms with Gasteiger partial charge in [0.25, 0.3) is 0 Å². The molecular formula is C24H26N6. The normalized spacial score (nSPS) is 16.3. The standard InChI is InChI=1S/C24H26N6/c1-16-19-4-6-21(27-22(19)8-10-25-16)18(3)29-12-14-30(15-13-29)24-7-5-20-17(2)26-11-9-23(20)28-24/h4-11,18H,12-15H2,1-3H3. The molecule has 4 aromatic heterocycles. The maximum atomic E-state index is 4.92. The Kier molecular flexibility index (Phi) is 4.79. The average Bonchev–Trinajstić information content (AvgIpc) is 2.78. The second-order valence-corrected chi connectivity index (χ2v) is 8.03. The Morgan fingerprint density at radius 3 is 2.00 bits per heavy atom. The summed E-state index contributed by atoms with van der Waals surface area (Å²) in [4.78, 5) is 23.4. The zero-order chi connectivity index (χ0) is 20.7. The number of fused-ring (bicyclic) bond motifs is 2. The van der Waals surface area contributed by atoms with Gasteiger partial charge in [-0.1, -0.05) is 0 Å². The van der Waals surface area contributed by atoms with Crippen LogP contribution in [0.15, 0.2) is 48.8 Å². The van der Waals surface area contributed by atoms with Gasteiger partial charge < -0.3 is 4.90 Å². The minimum atomic E-state index is 0.281. The van der Waals surface area contributed by atoms with E-state index in [0.717, 1.165) is 70.9 Å². The maximum Gasteiger partial charge on any atom is 0.129 e. The fourth-order valence-electron chi connectivity index (χ4n) is 4.33. The fourth-order valence-corrected chi connectivity index (χ4v) is 4.33. The molecule has 1 saturated heterocycles. The van der Waals surface area contributed by atoms with E-state index < -0.39 is 0 Å². The molecule has 0 amide bonds. The number of hydrogen-bond acceptors (Lipinski definition) is 6. The lowest BCUT2D eigenvalue weighted by molar-refractivity contribution is 0.195. The summed E-state index contributed by atoms with van der Waals surface area (Å²) in [7, 11) is 0. The molecule has 5 rings (SSSR count). The van der Waals surface area contributed by atoms with E-state index in [2.05, 4.69) is 51.0 Å². The molecule has 152 valence electrons. The first-order chi connectivity index (χ1) is 14.6. The molecule has 5 heterocycles. The van der Waals surface area contributed by atoms with Gasteiger partial charge in [0.15, 0.2) is 0 Å². The van der Waals surface area contributed by atoms with Crippen molar-refractivity contribution in [2.24, 2.45) is 0 Å². The summed E-state index contributed by atoms with van der Waals surface area (Å²) in [5.74, 6) is 1.05. The summed E-state index contributed by atoms with van der Waals surface area (Å²) in [5.41, 5.74) is 5.21. The first-order valence-corrected chi connectivity index (χ1v) is 10.5. The van der Waals surface area contributed by atoms with Crippen LogP contribution in [0.2, 0.25) is 0 Å². The Bertz CT molecular complexity index is 1210. The summed E-state index contributed by atoms with van der Waals surface area (Å²) in [6.45, 7) is 10.2. The SMILES string of the molecule is Cc1nccc2nc(C(C)N3CCN(c4ccc5c(C)nccc5n4)CC3)ccc12. The van der Waals surface area contributed by atoms with E-state index in [-0.39, 0.29) is 6.04 Å². The first kappa shape index (κ1) is 18.9. The van der Waals surface area contributed by atoms with E-state index in [9.17, 15) is 0 Å². The molecule has 6 nitrogen and oxygen atoms in total. The molecule has 0 N–H and O–H groups in total. The quantitative estimate of drug-likeness (QED) is 0.518. The van der Waals surface area contributed by atoms with E-state index >= 15 is 0 Å². The van der Waals surface area contributed by atoms with E-state index in [4.69, 9.17) is 9.97 Å². The molecule has 0 saturated carbocycles. The second kappa shape index (κ2) is 7.61. The monoisotopic (exact) mass is 398 g/mol. The van der Waals surface area contributed by atoms with Crippen molar-refractivity contribution >= 4 is 27.6 Å². The van der Waals surface area contributed by atoms with Gasteiger partial charge in [0, 0.05) is 66.8 Å². The lowest BCUT2D eigenvalue weighted by Crippen LogP contribution is -2.47. The third kappa shape index (κ3) is 3.37. The Morgan fingerprint density at radius 1 is 0.733 bits per heavy atom. The minimum absolute atomic E-state index is 0.281. The number of piperazine rings is 1. The predicted molar refractivity (Wildman–Crippen MR) is 121 cm³/mol. The van der Waals surface area contributed by atoms with Gasteiger partial charge in [0.1, 0.15) is 5.82 Å². The number of aromatic nitrogens is 4. The minimum Gasteiger partial charge on any atom is -0.354 e. The topological polar surface area (TPSA) is 58.0 Å². The van der Waals surface area contributed by atoms with Crippen LogP contribution >= 0.6 is 0 Å². The molecule has 1 aliphatic rings. The highest BCUT2D eigenvalue weighted by Crippen LogP contribution is 2.25. The molecule has 1 aliphatic heterocycles. The predicted octanol–water partition coefficient (Wildman–Crippen LogP) is 4.07. The van der Waals surface area contributed by atoms with Gasteiger partial charge in [0.2, 0.25) is 0 Å². The molecule has 1 atom stereocenters. The number of anilines is 1. The summed E-state index contributed by atoms with van der Waals surface area (Å²) < 4.78 is 0. The number of rotatable bonds is 3. The smallest absolute Gasteiger partial charge is 0.129 e. The highest BCUT2D eigenvalue weighted by molar-refractivity contribution is 5.82. The molecule has 1 fully saturated rings. The zero-order valence-electron chi connectivity index (χ0n) is 17.7. The summed E-state index contributed by atoms with van der Waals surface area (Å²) in [6.07, 6.45) is 3.67. The Labute approximate surface area is 176 Å². The molecule has 1 unspecified atom stereocenters. The molecule has 30 heavy (non-hydrogen) atoms. The second-order valence-electron chi connectivity index (χ2n) is 8.03. The van der Waals surface area contributed by atoms with Gasteiger partial charge in [0.05, 0.1) is 16.7 Å². The molecule has 0 spiro atoms. The highest BCUT2D eigenvalue weighted by atomic mass is 15.3. The Hall–Kier alpha value is -3.12. The fraction of sp³-hybridized carbons (Fsp3) is 0.333. The number of aryl methyl sites for hydroxylation is 2. The molecule has 4 aromatic rings. The van der Waals surface area contributed by atoms with Crippen molar-refractivity contribution in [2.45, 2.75) is 26.8 Å². The number of pyridine rings is 4. The van der Waals surface area contributed by atoms with Crippen molar-refractivity contribution in [3.05, 3.63) is 65.9 Å². The van der Waals surface area contributed by atoms with Gasteiger partial charge in [-0.25, -0.2) is 4.98 Å². The van der Waals surface area contributed by atoms with Crippen LogP contribution in [0.3, 0.4) is 0 Å². The van der Waals surface area contributed by atoms with E-state index in [1.165, 1.54) is 0 Å². The molecule has 6 heteroatoms. The summed E-state index contributed by atoms with van der Waals surface area (Å²) in [6, 6.07) is 12.8. The number of hydrogen-bond donors (Lipinski definition) is 0. The number of nitrogens with zero attached hydrogens (tertiary/aromatic N) is 6. The average molecular weight is 399 g/mol. The van der Waals surface area contributed by atoms with Crippen molar-refractivity contribution in [1.82, 2.24) is 24.8 Å². The summed E-state index contributed by atoms with van der Waals surface area (Å²) in [5, 5.41) is 2.26. The molecule has 0 bridgehead atoms. The van der Waals surface area contributed by atoms with Crippen LogP contribution in [-0.4, -0.2) is 51.0 Å². The van der Waals surface area contributed by atoms with Gasteiger partial charge in [-0.3, -0.25) is 19.9 Å². The first-order valence-electron chi connectivity index (χ1n) is 10.5. The van der Waals surface area contributed by atoms with Gasteiger partial charge in [-0.2, -0.15) is 0 Å². The van der Waals surface area contributed by atoms with Crippen LogP contribution in [0.4, 0.5) is 5.82 Å². The van der Waals surface area contributed by atoms with E-state index in [0.29, 0.717) is 0 Å². The van der Waals surface area contributed by atoms with Crippen molar-refractivity contribution < 1.29 is 0 Å². The lowest BCUT2D eigenvalue weighted by atomic mass is 10.1. The van der Waals surface area contributed by atoms with Gasteiger partial charge in [-0.05, 0) is 57.2 Å². The molecular weight excluding hydrogens is 372 g/mol. The van der Waals surface area contributed by atoms with Crippen molar-refractivity contribution in [2.75, 3.05) is 31.1 Å². The Balaban J connectivity index is 1.31. The van der Waals surface area contributed by atoms with Gasteiger partial charge in [-0.15, -0.1) is 0 Å². The van der Waals surface area contributed by atoms with Crippen molar-refractivity contribution in [1.29, 1.82) is 0 Å². The Morgan fingerprint density at radius 2 is 1.33 bits per heavy atom. The van der Waals surface area contributed by atoms with Crippen LogP contribution in [0.1, 0.15) is 30.0 Å². The van der Waals surface area contributed by atoms with Crippen molar-refractivity contribution in [3.8, 4) is 0 Å². The lowest BCUT2D eigenvalue weighted by Gasteiger charge is -2.38. The zero-order valence-corrected chi connectivity index (χ0v) is 17.7. The largest absolute Gasteiger partial charge is 0.354 e. The van der Waals surface area contributed by atoms with Crippen molar-refractivity contribution in [3.63, 3.8) is 0 Å². The van der Waals surface area contributed by atoms with E-state index in [1.807, 2.05) is 38.4 Å². The van der Waals surface area contributed by atoms with Crippen LogP contribution in [-0.2, 0) is 0 Å². The molecule has 0 aromatic carbocycles. The van der Waals surface area contributed by atoms with Gasteiger partial charge >= 0.3 is 0 Å². The van der Waals surface area contributed by atoms with Crippen LogP contribution < -0.4 is 4.90 Å². The maximum absolute atomic E-state index is 4.92.